The highest BCUT2D eigenvalue weighted by Crippen LogP contribution is 2.64. The van der Waals surface area contributed by atoms with Crippen LogP contribution in [0.5, 0.6) is 0 Å². The highest BCUT2D eigenvalue weighted by molar-refractivity contribution is 7.70. The van der Waals surface area contributed by atoms with Gasteiger partial charge in [-0.15, -0.1) is 0 Å². The Kier molecular flexibility index (Phi) is 6.70. The molecule has 1 heterocycles. The summed E-state index contributed by atoms with van der Waals surface area (Å²) in [5.74, 6) is -0.277. The highest BCUT2D eigenvalue weighted by Gasteiger charge is 2.47. The molecule has 0 saturated carbocycles. The molecule has 0 N–H and O–H groups in total. The van der Waals surface area contributed by atoms with Crippen LogP contribution in [0.1, 0.15) is 23.1 Å². The normalized spacial score (nSPS) is 18.0. The summed E-state index contributed by atoms with van der Waals surface area (Å²) in [5, 5.41) is 2.47. The molecule has 0 bridgehead atoms. The van der Waals surface area contributed by atoms with Crippen molar-refractivity contribution in [1.29, 1.82) is 0 Å². The smallest absolute Gasteiger partial charge is 0.331 e. The van der Waals surface area contributed by atoms with Gasteiger partial charge < -0.3 is 4.74 Å². The van der Waals surface area contributed by atoms with Crippen molar-refractivity contribution in [2.75, 3.05) is 6.16 Å². The zero-order valence-corrected chi connectivity index (χ0v) is 19.9. The van der Waals surface area contributed by atoms with Crippen LogP contribution in [0.2, 0.25) is 0 Å². The van der Waals surface area contributed by atoms with E-state index < -0.39 is 7.92 Å². The van der Waals surface area contributed by atoms with E-state index in [0.29, 0.717) is 0 Å². The number of hydrogen-bond donors (Lipinski definition) is 0. The van der Waals surface area contributed by atoms with Crippen molar-refractivity contribution >= 4 is 19.2 Å². The molecule has 1 aliphatic heterocycles. The molecule has 1 saturated heterocycles. The van der Waals surface area contributed by atoms with Crippen LogP contribution in [0, 0.1) is 0 Å². The Balaban J connectivity index is 1.61. The van der Waals surface area contributed by atoms with E-state index in [-0.39, 0.29) is 18.0 Å². The van der Waals surface area contributed by atoms with E-state index in [0.717, 1.165) is 18.1 Å². The van der Waals surface area contributed by atoms with Gasteiger partial charge in [0.2, 0.25) is 0 Å². The van der Waals surface area contributed by atoms with E-state index in [1.165, 1.54) is 21.7 Å². The lowest BCUT2D eigenvalue weighted by Gasteiger charge is -2.34. The molecule has 5 rings (SSSR count). The summed E-state index contributed by atoms with van der Waals surface area (Å²) in [6, 6.07) is 41.7. The summed E-state index contributed by atoms with van der Waals surface area (Å²) >= 11 is 0. The van der Waals surface area contributed by atoms with Gasteiger partial charge in [0.15, 0.2) is 0 Å². The molecule has 4 aromatic rings. The number of esters is 1. The molecule has 0 aromatic heterocycles. The second-order valence-electron chi connectivity index (χ2n) is 8.50. The maximum Gasteiger partial charge on any atom is 0.331 e. The molecule has 0 radical (unpaired) electrons. The molecule has 4 aromatic carbocycles. The van der Waals surface area contributed by atoms with Gasteiger partial charge in [-0.05, 0) is 47.8 Å². The molecule has 1 fully saturated rings. The van der Waals surface area contributed by atoms with E-state index in [2.05, 4.69) is 84.9 Å². The first kappa shape index (κ1) is 22.3. The third kappa shape index (κ3) is 4.47. The molecule has 0 spiro atoms. The number of hydrogen-bond acceptors (Lipinski definition) is 2. The number of carbonyl (C=O) groups is 1. The monoisotopic (exact) mass is 462 g/mol. The van der Waals surface area contributed by atoms with Crippen molar-refractivity contribution in [1.82, 2.24) is 0 Å². The minimum atomic E-state index is -0.676. The summed E-state index contributed by atoms with van der Waals surface area (Å²) in [5.41, 5.74) is 3.09. The maximum atomic E-state index is 13.2. The Hall–Kier alpha value is -3.48. The highest BCUT2D eigenvalue weighted by atomic mass is 31.1. The van der Waals surface area contributed by atoms with E-state index in [1.54, 1.807) is 6.08 Å². The van der Waals surface area contributed by atoms with Crippen LogP contribution in [-0.2, 0) is 21.6 Å². The standard InChI is InChI=1S/C31H27O2P/c32-30(33-24-25-13-5-1-6-14-25)23-29-31(26-15-7-2-8-16-26,27-17-9-3-10-18-27)21-22-34(29)28-19-11-4-12-20-28/h1-20,23H,21-22,24H2. The first-order valence-electron chi connectivity index (χ1n) is 11.6. The van der Waals surface area contributed by atoms with E-state index in [1.807, 2.05) is 36.4 Å². The maximum absolute atomic E-state index is 13.2. The first-order valence-corrected chi connectivity index (χ1v) is 13.2. The molecule has 168 valence electrons. The Morgan fingerprint density at radius 3 is 1.79 bits per heavy atom. The molecule has 1 unspecified atom stereocenters. The SMILES string of the molecule is O=C(C=C1P(c2ccccc2)CCC1(c1ccccc1)c1ccccc1)OCc1ccccc1. The van der Waals surface area contributed by atoms with E-state index >= 15 is 0 Å². The molecular weight excluding hydrogens is 435 g/mol. The summed E-state index contributed by atoms with van der Waals surface area (Å²) in [4.78, 5) is 13.2. The summed E-state index contributed by atoms with van der Waals surface area (Å²) < 4.78 is 5.73. The van der Waals surface area contributed by atoms with Gasteiger partial charge in [-0.3, -0.25) is 0 Å². The number of benzene rings is 4. The summed E-state index contributed by atoms with van der Waals surface area (Å²) in [6.07, 6.45) is 3.79. The van der Waals surface area contributed by atoms with Gasteiger partial charge >= 0.3 is 5.97 Å². The van der Waals surface area contributed by atoms with Gasteiger partial charge in [-0.2, -0.15) is 0 Å². The topological polar surface area (TPSA) is 26.3 Å². The minimum absolute atomic E-state index is 0.274. The van der Waals surface area contributed by atoms with Gasteiger partial charge in [0.05, 0.1) is 0 Å². The average molecular weight is 463 g/mol. The van der Waals surface area contributed by atoms with E-state index in [9.17, 15) is 4.79 Å². The van der Waals surface area contributed by atoms with Crippen LogP contribution in [0.4, 0.5) is 0 Å². The van der Waals surface area contributed by atoms with Gasteiger partial charge in [0, 0.05) is 11.5 Å². The molecule has 1 aliphatic rings. The molecule has 0 aliphatic carbocycles. The fourth-order valence-corrected chi connectivity index (χ4v) is 7.87. The minimum Gasteiger partial charge on any atom is -0.458 e. The molecule has 0 amide bonds. The fraction of sp³-hybridized carbons (Fsp3) is 0.129. The van der Waals surface area contributed by atoms with E-state index in [4.69, 9.17) is 4.74 Å². The van der Waals surface area contributed by atoms with Crippen LogP contribution in [0.25, 0.3) is 0 Å². The van der Waals surface area contributed by atoms with Gasteiger partial charge in [0.1, 0.15) is 6.61 Å². The molecule has 2 nitrogen and oxygen atoms in total. The van der Waals surface area contributed by atoms with Crippen LogP contribution < -0.4 is 5.30 Å². The third-order valence-electron chi connectivity index (χ3n) is 6.52. The van der Waals surface area contributed by atoms with Crippen molar-refractivity contribution in [3.8, 4) is 0 Å². The second kappa shape index (κ2) is 10.2. The predicted octanol–water partition coefficient (Wildman–Crippen LogP) is 6.81. The molecule has 34 heavy (non-hydrogen) atoms. The van der Waals surface area contributed by atoms with Crippen LogP contribution in [-0.4, -0.2) is 12.1 Å². The predicted molar refractivity (Wildman–Crippen MR) is 140 cm³/mol. The lowest BCUT2D eigenvalue weighted by atomic mass is 9.72. The third-order valence-corrected chi connectivity index (χ3v) is 9.20. The summed E-state index contributed by atoms with van der Waals surface area (Å²) in [6.45, 7) is 0.274. The van der Waals surface area contributed by atoms with Crippen LogP contribution in [0.15, 0.2) is 133 Å². The fourth-order valence-electron chi connectivity index (χ4n) is 4.91. The Morgan fingerprint density at radius 2 is 1.24 bits per heavy atom. The largest absolute Gasteiger partial charge is 0.458 e. The van der Waals surface area contributed by atoms with Gasteiger partial charge in [0.25, 0.3) is 0 Å². The van der Waals surface area contributed by atoms with Gasteiger partial charge in [-0.25, -0.2) is 4.79 Å². The van der Waals surface area contributed by atoms with Crippen LogP contribution in [0.3, 0.4) is 0 Å². The van der Waals surface area contributed by atoms with Crippen molar-refractivity contribution in [2.45, 2.75) is 18.4 Å². The molecule has 3 heteroatoms. The lowest BCUT2D eigenvalue weighted by molar-refractivity contribution is -0.139. The average Bonchev–Trinajstić information content (AvgIpc) is 3.29. The lowest BCUT2D eigenvalue weighted by Crippen LogP contribution is -2.27. The Bertz CT molecular complexity index is 1210. The number of rotatable bonds is 6. The second-order valence-corrected chi connectivity index (χ2v) is 10.8. The number of allylic oxidation sites excluding steroid dienone is 1. The Labute approximate surface area is 202 Å². The van der Waals surface area contributed by atoms with Crippen molar-refractivity contribution in [3.63, 3.8) is 0 Å². The van der Waals surface area contributed by atoms with Gasteiger partial charge in [-0.1, -0.05) is 121 Å². The van der Waals surface area contributed by atoms with Crippen molar-refractivity contribution in [3.05, 3.63) is 149 Å². The van der Waals surface area contributed by atoms with Crippen molar-refractivity contribution < 1.29 is 9.53 Å². The molecular formula is C31H27O2P. The summed E-state index contributed by atoms with van der Waals surface area (Å²) in [7, 11) is -0.676. The van der Waals surface area contributed by atoms with Crippen molar-refractivity contribution in [2.24, 2.45) is 0 Å². The zero-order valence-electron chi connectivity index (χ0n) is 19.0. The quantitative estimate of drug-likeness (QED) is 0.179. The Morgan fingerprint density at radius 1 is 0.735 bits per heavy atom. The molecule has 1 atom stereocenters. The first-order chi connectivity index (χ1) is 16.8. The number of ether oxygens (including phenoxy) is 1. The zero-order chi connectivity index (χ0) is 23.2. The van der Waals surface area contributed by atoms with Crippen LogP contribution >= 0.6 is 7.92 Å². The number of carbonyl (C=O) groups excluding carboxylic acids is 1.